The van der Waals surface area contributed by atoms with E-state index in [9.17, 15) is 18.7 Å². The molecule has 160 valence electrons. The van der Waals surface area contributed by atoms with Crippen LogP contribution in [0, 0.1) is 0 Å². The molecule has 0 spiro atoms. The van der Waals surface area contributed by atoms with Gasteiger partial charge in [0.15, 0.2) is 0 Å². The number of nitrogens with one attached hydrogen (secondary N) is 1. The van der Waals surface area contributed by atoms with Gasteiger partial charge in [-0.3, -0.25) is 8.89 Å². The summed E-state index contributed by atoms with van der Waals surface area (Å²) >= 11 is 3.22. The highest BCUT2D eigenvalue weighted by molar-refractivity contribution is 7.81. The fourth-order valence-electron chi connectivity index (χ4n) is 3.82. The van der Waals surface area contributed by atoms with Gasteiger partial charge in [-0.2, -0.15) is 5.10 Å². The van der Waals surface area contributed by atoms with Crippen molar-refractivity contribution in [1.29, 1.82) is 0 Å². The van der Waals surface area contributed by atoms with E-state index in [1.807, 2.05) is 19.1 Å². The summed E-state index contributed by atoms with van der Waals surface area (Å²) in [5.74, 6) is 0. The van der Waals surface area contributed by atoms with Gasteiger partial charge in [-0.15, -0.1) is 0 Å². The molecule has 0 saturated carbocycles. The van der Waals surface area contributed by atoms with Gasteiger partial charge in [0.2, 0.25) is 0 Å². The van der Waals surface area contributed by atoms with Gasteiger partial charge < -0.3 is 15.0 Å². The van der Waals surface area contributed by atoms with Crippen LogP contribution in [0.25, 0.3) is 10.9 Å². The molecular weight excluding hydrogens is 428 g/mol. The molecule has 0 aliphatic heterocycles. The maximum absolute atomic E-state index is 12.2. The molecule has 2 aromatic carbocycles. The Kier molecular flexibility index (Phi) is 6.47. The number of aliphatic hydroxyl groups is 1. The number of anilines is 1. The molecule has 0 bridgehead atoms. The number of nitrogens with zero attached hydrogens (tertiary/aromatic N) is 3. The topological polar surface area (TPSA) is 111 Å². The van der Waals surface area contributed by atoms with Crippen LogP contribution in [0.15, 0.2) is 48.7 Å². The first-order valence-corrected chi connectivity index (χ1v) is 10.7. The van der Waals surface area contributed by atoms with E-state index in [1.165, 1.54) is 19.3 Å². The highest BCUT2D eigenvalue weighted by Crippen LogP contribution is 2.38. The van der Waals surface area contributed by atoms with Crippen LogP contribution >= 0.6 is 11.6 Å². The highest BCUT2D eigenvalue weighted by Gasteiger charge is 2.40. The third-order valence-electron chi connectivity index (χ3n) is 5.31. The van der Waals surface area contributed by atoms with Crippen molar-refractivity contribution in [2.45, 2.75) is 31.9 Å². The fraction of sp³-hybridized carbons (Fsp3) is 0.300. The Morgan fingerprint density at radius 1 is 1.37 bits per heavy atom. The smallest absolute Gasteiger partial charge is 0.332 e. The Morgan fingerprint density at radius 2 is 2.03 bits per heavy atom. The van der Waals surface area contributed by atoms with Gasteiger partial charge >= 0.3 is 6.03 Å². The first-order valence-electron chi connectivity index (χ1n) is 9.30. The second-order valence-corrected chi connectivity index (χ2v) is 8.03. The number of hydrogen-bond donors (Lipinski definition) is 2. The number of carbonyl (C=O) groups is 1. The summed E-state index contributed by atoms with van der Waals surface area (Å²) in [5, 5.41) is 18.7. The summed E-state index contributed by atoms with van der Waals surface area (Å²) in [7, 11) is 1.35. The lowest BCUT2D eigenvalue weighted by molar-refractivity contribution is 0.0669. The summed E-state index contributed by atoms with van der Waals surface area (Å²) in [6, 6.07) is 11.3. The van der Waals surface area contributed by atoms with Crippen molar-refractivity contribution in [2.24, 2.45) is 0 Å². The second-order valence-electron chi connectivity index (χ2n) is 6.79. The van der Waals surface area contributed by atoms with Gasteiger partial charge in [-0.1, -0.05) is 36.7 Å². The van der Waals surface area contributed by atoms with Crippen LogP contribution in [0.4, 0.5) is 10.5 Å². The summed E-state index contributed by atoms with van der Waals surface area (Å²) in [6.45, 7) is 3.61. The first kappa shape index (κ1) is 22.2. The van der Waals surface area contributed by atoms with E-state index < -0.39 is 28.9 Å². The van der Waals surface area contributed by atoms with E-state index in [4.69, 9.17) is 11.6 Å². The number of benzene rings is 2. The molecule has 0 saturated heterocycles. The standard InChI is InChI=1S/C20H23ClN4O4S/c1-4-20(13(2)26,14-8-10-15(21)11-9-14)25-18-7-5-6-17(16(18)12-23-25)24(30(28)29)19(27)22-3/h5-13,26H,4H2,1-3H3,(H,22,27)(H,28,29)/p-1. The molecule has 0 fully saturated rings. The SMILES string of the molecule is CCC(c1ccc(Cl)cc1)(C(C)O)n1ncc2c(N(C(=O)NC)S(=O)[O-])cccc21. The Bertz CT molecular complexity index is 1090. The van der Waals surface area contributed by atoms with Gasteiger partial charge in [-0.25, -0.2) is 9.10 Å². The zero-order chi connectivity index (χ0) is 22.1. The Balaban J connectivity index is 2.29. The number of aliphatic hydroxyl groups excluding tert-OH is 1. The number of halogens is 1. The number of amides is 2. The summed E-state index contributed by atoms with van der Waals surface area (Å²) in [5.41, 5.74) is 0.609. The van der Waals surface area contributed by atoms with Crippen molar-refractivity contribution in [3.05, 3.63) is 59.2 Å². The number of hydrogen-bond acceptors (Lipinski definition) is 5. The van der Waals surface area contributed by atoms with Crippen LogP contribution in [0.5, 0.6) is 0 Å². The van der Waals surface area contributed by atoms with Gasteiger partial charge in [0.25, 0.3) is 0 Å². The van der Waals surface area contributed by atoms with Crippen molar-refractivity contribution in [2.75, 3.05) is 11.4 Å². The molecule has 2 amide bonds. The molecule has 3 rings (SSSR count). The molecule has 3 unspecified atom stereocenters. The fourth-order valence-corrected chi connectivity index (χ4v) is 4.49. The zero-order valence-corrected chi connectivity index (χ0v) is 18.3. The van der Waals surface area contributed by atoms with Gasteiger partial charge in [0, 0.05) is 17.5 Å². The lowest BCUT2D eigenvalue weighted by Crippen LogP contribution is -2.45. The van der Waals surface area contributed by atoms with Crippen LogP contribution in [-0.2, 0) is 16.8 Å². The maximum atomic E-state index is 12.2. The zero-order valence-electron chi connectivity index (χ0n) is 16.7. The summed E-state index contributed by atoms with van der Waals surface area (Å²) in [6.07, 6.45) is 1.16. The molecule has 10 heteroatoms. The molecule has 1 heterocycles. The number of rotatable bonds is 6. The lowest BCUT2D eigenvalue weighted by Gasteiger charge is -2.37. The van der Waals surface area contributed by atoms with Crippen molar-refractivity contribution in [3.63, 3.8) is 0 Å². The van der Waals surface area contributed by atoms with Crippen LogP contribution in [0.2, 0.25) is 5.02 Å². The minimum atomic E-state index is -2.83. The van der Waals surface area contributed by atoms with Crippen molar-refractivity contribution in [1.82, 2.24) is 15.1 Å². The molecule has 3 aromatic rings. The second kappa shape index (κ2) is 8.73. The van der Waals surface area contributed by atoms with E-state index in [2.05, 4.69) is 10.4 Å². The highest BCUT2D eigenvalue weighted by atomic mass is 35.5. The summed E-state index contributed by atoms with van der Waals surface area (Å²) < 4.78 is 25.8. The van der Waals surface area contributed by atoms with E-state index >= 15 is 0 Å². The summed E-state index contributed by atoms with van der Waals surface area (Å²) in [4.78, 5) is 12.2. The number of aromatic nitrogens is 2. The normalized spacial score (nSPS) is 15.4. The third-order valence-corrected chi connectivity index (χ3v) is 6.22. The van der Waals surface area contributed by atoms with Crippen LogP contribution in [0.1, 0.15) is 25.8 Å². The molecule has 30 heavy (non-hydrogen) atoms. The monoisotopic (exact) mass is 449 g/mol. The molecule has 0 aliphatic rings. The lowest BCUT2D eigenvalue weighted by atomic mass is 9.82. The molecule has 1 aromatic heterocycles. The maximum Gasteiger partial charge on any atom is 0.332 e. The largest absolute Gasteiger partial charge is 0.755 e. The van der Waals surface area contributed by atoms with Crippen molar-refractivity contribution >= 4 is 45.5 Å². The molecule has 3 atom stereocenters. The Morgan fingerprint density at radius 3 is 2.57 bits per heavy atom. The van der Waals surface area contributed by atoms with E-state index in [0.717, 1.165) is 5.56 Å². The van der Waals surface area contributed by atoms with E-state index in [-0.39, 0.29) is 5.69 Å². The minimum Gasteiger partial charge on any atom is -0.755 e. The average Bonchev–Trinajstić information content (AvgIpc) is 3.15. The van der Waals surface area contributed by atoms with Crippen LogP contribution in [-0.4, -0.2) is 42.8 Å². The Hall–Kier alpha value is -2.46. The van der Waals surface area contributed by atoms with Gasteiger partial charge in [-0.05, 0) is 43.2 Å². The van der Waals surface area contributed by atoms with Crippen LogP contribution < -0.4 is 9.62 Å². The van der Waals surface area contributed by atoms with E-state index in [0.29, 0.717) is 26.7 Å². The van der Waals surface area contributed by atoms with Gasteiger partial charge in [0.1, 0.15) is 5.54 Å². The average molecular weight is 450 g/mol. The van der Waals surface area contributed by atoms with Crippen molar-refractivity contribution in [3.8, 4) is 0 Å². The number of fused-ring (bicyclic) bond motifs is 1. The Labute approximate surface area is 181 Å². The van der Waals surface area contributed by atoms with Crippen molar-refractivity contribution < 1.29 is 18.7 Å². The predicted molar refractivity (Wildman–Crippen MR) is 116 cm³/mol. The molecule has 2 N–H and O–H groups in total. The third kappa shape index (κ3) is 3.58. The predicted octanol–water partition coefficient (Wildman–Crippen LogP) is 3.16. The first-order chi connectivity index (χ1) is 14.3. The molecule has 0 radical (unpaired) electrons. The van der Waals surface area contributed by atoms with E-state index in [1.54, 1.807) is 35.9 Å². The molecule has 0 aliphatic carbocycles. The number of urea groups is 1. The van der Waals surface area contributed by atoms with Gasteiger partial charge in [0.05, 0.1) is 34.8 Å². The molecule has 8 nitrogen and oxygen atoms in total. The quantitative estimate of drug-likeness (QED) is 0.561. The molecular formula is C20H22ClN4O4S-. The minimum absolute atomic E-state index is 0.165. The number of carbonyl (C=O) groups excluding carboxylic acids is 1. The van der Waals surface area contributed by atoms with Crippen LogP contribution in [0.3, 0.4) is 0 Å².